The summed E-state index contributed by atoms with van der Waals surface area (Å²) >= 11 is 0. The van der Waals surface area contributed by atoms with E-state index in [0.717, 1.165) is 35.2 Å². The first-order chi connectivity index (χ1) is 25.7. The van der Waals surface area contributed by atoms with E-state index in [0.29, 0.717) is 0 Å². The van der Waals surface area contributed by atoms with E-state index in [1.807, 2.05) is 0 Å². The lowest BCUT2D eigenvalue weighted by Crippen LogP contribution is -2.55. The van der Waals surface area contributed by atoms with Gasteiger partial charge in [0.1, 0.15) is 11.5 Å². The Kier molecular flexibility index (Phi) is 5.30. The second-order valence-corrected chi connectivity index (χ2v) is 16.5. The lowest BCUT2D eigenvalue weighted by Gasteiger charge is -2.61. The Morgan fingerprint density at radius 2 is 1.08 bits per heavy atom. The second-order valence-electron chi connectivity index (χ2n) is 16.5. The number of aromatic nitrogens is 1. The highest BCUT2D eigenvalue weighted by Gasteiger charge is 2.61. The molecule has 0 radical (unpaired) electrons. The minimum absolute atomic E-state index is 0.167. The molecule has 2 nitrogen and oxygen atoms in total. The van der Waals surface area contributed by atoms with Gasteiger partial charge in [0.15, 0.2) is 0 Å². The Morgan fingerprint density at radius 1 is 0.462 bits per heavy atom. The molecule has 52 heavy (non-hydrogen) atoms. The molecular weight excluding hydrogens is 631 g/mol. The number of rotatable bonds is 2. The van der Waals surface area contributed by atoms with Crippen LogP contribution in [0.25, 0.3) is 71.6 Å². The van der Waals surface area contributed by atoms with E-state index in [-0.39, 0.29) is 5.41 Å². The van der Waals surface area contributed by atoms with Crippen molar-refractivity contribution in [2.75, 3.05) is 0 Å². The van der Waals surface area contributed by atoms with Crippen LogP contribution in [0.5, 0.6) is 11.5 Å². The fourth-order valence-electron chi connectivity index (χ4n) is 12.5. The quantitative estimate of drug-likeness (QED) is 0.179. The van der Waals surface area contributed by atoms with Crippen LogP contribution in [0, 0.1) is 23.7 Å². The van der Waals surface area contributed by atoms with Gasteiger partial charge in [-0.25, -0.2) is 0 Å². The molecule has 4 fully saturated rings. The van der Waals surface area contributed by atoms with E-state index in [9.17, 15) is 0 Å². The van der Waals surface area contributed by atoms with Crippen LogP contribution < -0.4 is 4.74 Å². The van der Waals surface area contributed by atoms with Gasteiger partial charge in [-0.05, 0) is 137 Å². The van der Waals surface area contributed by atoms with Gasteiger partial charge in [0.25, 0.3) is 0 Å². The molecule has 5 aliphatic carbocycles. The summed E-state index contributed by atoms with van der Waals surface area (Å²) < 4.78 is 9.18. The highest BCUT2D eigenvalue weighted by molar-refractivity contribution is 6.13. The molecule has 7 aromatic carbocycles. The van der Waals surface area contributed by atoms with Gasteiger partial charge in [0, 0.05) is 32.5 Å². The van der Waals surface area contributed by atoms with Crippen LogP contribution in [0.3, 0.4) is 0 Å². The van der Waals surface area contributed by atoms with Crippen molar-refractivity contribution in [3.8, 4) is 50.6 Å². The SMILES string of the molecule is c1ccc2c(c1)-c1ccc(-c3ccc4c(c3)-c3cccc5c(-n6c7ccccc7c7ccccc76)ccc(c35)O4)cc1C21C2CC3CC(C2)CC1C3. The first-order valence-electron chi connectivity index (χ1n) is 19.4. The minimum Gasteiger partial charge on any atom is -0.456 e. The van der Waals surface area contributed by atoms with Crippen molar-refractivity contribution < 1.29 is 4.74 Å². The highest BCUT2D eigenvalue weighted by atomic mass is 16.5. The fraction of sp³-hybridized carbons (Fsp3) is 0.200. The lowest BCUT2D eigenvalue weighted by molar-refractivity contribution is -0.0399. The van der Waals surface area contributed by atoms with Crippen molar-refractivity contribution in [2.24, 2.45) is 23.7 Å². The maximum absolute atomic E-state index is 6.75. The molecule has 2 heterocycles. The molecule has 248 valence electrons. The van der Waals surface area contributed by atoms with E-state index < -0.39 is 0 Å². The standard InChI is InChI=1S/C50H37NO/c1-4-13-42-35(8-1)36-18-16-32(28-43(36)50(42)33-23-29-22-30(25-33)26-34(50)24-29)31-17-20-47-41(27-31)39-11-7-12-40-46(19-21-48(52-47)49(39)40)51-44-14-5-2-9-37(44)38-10-3-6-15-45(38)51/h1-21,27-30,33-34H,22-26H2. The molecule has 0 unspecified atom stereocenters. The monoisotopic (exact) mass is 667 g/mol. The van der Waals surface area contributed by atoms with E-state index in [1.165, 1.54) is 104 Å². The maximum atomic E-state index is 6.75. The Hall–Kier alpha value is -5.60. The van der Waals surface area contributed by atoms with Crippen LogP contribution in [0.4, 0.5) is 0 Å². The highest BCUT2D eigenvalue weighted by Crippen LogP contribution is 2.69. The number of ether oxygens (including phenoxy) is 1. The predicted octanol–water partition coefficient (Wildman–Crippen LogP) is 13.1. The number of benzene rings is 7. The third kappa shape index (κ3) is 3.42. The summed E-state index contributed by atoms with van der Waals surface area (Å²) in [4.78, 5) is 0. The van der Waals surface area contributed by atoms with Gasteiger partial charge < -0.3 is 9.30 Å². The van der Waals surface area contributed by atoms with Crippen molar-refractivity contribution in [1.82, 2.24) is 4.57 Å². The third-order valence-corrected chi connectivity index (χ3v) is 14.2. The number of hydrogen-bond donors (Lipinski definition) is 0. The predicted molar refractivity (Wildman–Crippen MR) is 212 cm³/mol. The molecule has 4 saturated carbocycles. The molecule has 14 rings (SSSR count). The smallest absolute Gasteiger partial charge is 0.136 e. The molecule has 4 bridgehead atoms. The second kappa shape index (κ2) is 9.83. The molecule has 1 aliphatic heterocycles. The average Bonchev–Trinajstić information content (AvgIpc) is 3.67. The Bertz CT molecular complexity index is 2770. The van der Waals surface area contributed by atoms with E-state index in [1.54, 1.807) is 11.1 Å². The zero-order valence-corrected chi connectivity index (χ0v) is 29.0. The molecule has 0 N–H and O–H groups in total. The topological polar surface area (TPSA) is 14.2 Å². The summed E-state index contributed by atoms with van der Waals surface area (Å²) in [5.74, 6) is 5.25. The van der Waals surface area contributed by atoms with Gasteiger partial charge in [-0.15, -0.1) is 0 Å². The van der Waals surface area contributed by atoms with Crippen LogP contribution in [0.1, 0.15) is 43.2 Å². The summed E-state index contributed by atoms with van der Waals surface area (Å²) in [6.07, 6.45) is 7.09. The van der Waals surface area contributed by atoms with Crippen molar-refractivity contribution in [3.63, 3.8) is 0 Å². The molecule has 0 atom stereocenters. The summed E-state index contributed by atoms with van der Waals surface area (Å²) in [5.41, 5.74) is 15.0. The van der Waals surface area contributed by atoms with E-state index in [4.69, 9.17) is 4.74 Å². The van der Waals surface area contributed by atoms with Crippen LogP contribution in [0.2, 0.25) is 0 Å². The van der Waals surface area contributed by atoms with E-state index >= 15 is 0 Å². The molecule has 6 aliphatic rings. The zero-order valence-electron chi connectivity index (χ0n) is 29.0. The van der Waals surface area contributed by atoms with Crippen LogP contribution in [-0.2, 0) is 5.41 Å². The van der Waals surface area contributed by atoms with Gasteiger partial charge >= 0.3 is 0 Å². The normalized spacial score (nSPS) is 24.4. The summed E-state index contributed by atoms with van der Waals surface area (Å²) in [6, 6.07) is 52.5. The number of hydrogen-bond acceptors (Lipinski definition) is 1. The summed E-state index contributed by atoms with van der Waals surface area (Å²) in [6.45, 7) is 0. The van der Waals surface area contributed by atoms with Crippen molar-refractivity contribution in [1.29, 1.82) is 0 Å². The van der Waals surface area contributed by atoms with Crippen molar-refractivity contribution in [3.05, 3.63) is 151 Å². The van der Waals surface area contributed by atoms with Crippen molar-refractivity contribution in [2.45, 2.75) is 37.5 Å². The van der Waals surface area contributed by atoms with Gasteiger partial charge in [-0.1, -0.05) is 97.1 Å². The Balaban J connectivity index is 0.982. The number of para-hydroxylation sites is 2. The number of nitrogens with zero attached hydrogens (tertiary/aromatic N) is 1. The van der Waals surface area contributed by atoms with Gasteiger partial charge in [0.2, 0.25) is 0 Å². The molecule has 1 aromatic heterocycles. The minimum atomic E-state index is 0.167. The Labute approximate surface area is 303 Å². The molecule has 0 saturated heterocycles. The Morgan fingerprint density at radius 3 is 1.87 bits per heavy atom. The average molecular weight is 668 g/mol. The van der Waals surface area contributed by atoms with Gasteiger partial charge in [-0.2, -0.15) is 0 Å². The summed E-state index contributed by atoms with van der Waals surface area (Å²) in [7, 11) is 0. The summed E-state index contributed by atoms with van der Waals surface area (Å²) in [5, 5.41) is 4.94. The molecule has 2 heteroatoms. The van der Waals surface area contributed by atoms with E-state index in [2.05, 4.69) is 144 Å². The first kappa shape index (κ1) is 28.0. The zero-order chi connectivity index (χ0) is 33.7. The van der Waals surface area contributed by atoms with Crippen LogP contribution in [-0.4, -0.2) is 4.57 Å². The van der Waals surface area contributed by atoms with Crippen LogP contribution >= 0.6 is 0 Å². The third-order valence-electron chi connectivity index (χ3n) is 14.2. The van der Waals surface area contributed by atoms with Crippen molar-refractivity contribution >= 4 is 32.6 Å². The van der Waals surface area contributed by atoms with Gasteiger partial charge in [-0.3, -0.25) is 0 Å². The number of fused-ring (bicyclic) bond motifs is 8. The lowest BCUT2D eigenvalue weighted by atomic mass is 9.43. The largest absolute Gasteiger partial charge is 0.456 e. The maximum Gasteiger partial charge on any atom is 0.136 e. The van der Waals surface area contributed by atoms with Gasteiger partial charge in [0.05, 0.1) is 16.7 Å². The molecular formula is C50H37NO. The molecule has 1 spiro atoms. The fourth-order valence-corrected chi connectivity index (χ4v) is 12.5. The van der Waals surface area contributed by atoms with Crippen LogP contribution in [0.15, 0.2) is 140 Å². The molecule has 8 aromatic rings. The molecule has 0 amide bonds. The first-order valence-corrected chi connectivity index (χ1v) is 19.4.